The summed E-state index contributed by atoms with van der Waals surface area (Å²) in [5.41, 5.74) is 34.4. The maximum atomic E-state index is 14.4. The van der Waals surface area contributed by atoms with Crippen LogP contribution in [0.5, 0.6) is 0 Å². The van der Waals surface area contributed by atoms with Crippen molar-refractivity contribution in [2.45, 2.75) is 205 Å². The molecule has 1 unspecified atom stereocenters. The van der Waals surface area contributed by atoms with Gasteiger partial charge in [0.05, 0.1) is 18.2 Å². The van der Waals surface area contributed by atoms with E-state index in [0.717, 1.165) is 12.8 Å². The first-order valence-electron chi connectivity index (χ1n) is 28.4. The molecule has 0 aliphatic heterocycles. The Kier molecular flexibility index (Phi) is 37.9. The normalized spacial score (nSPS) is 16.1. The summed E-state index contributed by atoms with van der Waals surface area (Å²) < 4.78 is 0. The highest BCUT2D eigenvalue weighted by Gasteiger charge is 2.36. The monoisotopic (exact) mass is 1170 g/mol. The van der Waals surface area contributed by atoms with Crippen LogP contribution in [0.3, 0.4) is 0 Å². The highest BCUT2D eigenvalue weighted by molar-refractivity contribution is 5.98. The van der Waals surface area contributed by atoms with Gasteiger partial charge in [-0.05, 0) is 122 Å². The number of carboxylic acid groups (broad SMARTS) is 1. The zero-order chi connectivity index (χ0) is 62.8. The highest BCUT2D eigenvalue weighted by Crippen LogP contribution is 2.13. The van der Waals surface area contributed by atoms with Gasteiger partial charge >= 0.3 is 5.97 Å². The predicted octanol–water partition coefficient (Wildman–Crippen LogP) is -5.92. The fourth-order valence-corrected chi connectivity index (χ4v) is 8.19. The van der Waals surface area contributed by atoms with Gasteiger partial charge < -0.3 is 103 Å². The van der Waals surface area contributed by atoms with Crippen LogP contribution in [0.1, 0.15) is 132 Å². The molecule has 0 saturated heterocycles. The number of nitrogens with one attached hydrogen (secondary N) is 10. The van der Waals surface area contributed by atoms with Gasteiger partial charge in [-0.2, -0.15) is 0 Å². The zero-order valence-electron chi connectivity index (χ0n) is 49.2. The molecular formula is C52H100N16O14. The molecule has 30 nitrogen and oxygen atoms in total. The minimum absolute atomic E-state index is 0.0182. The second-order valence-corrected chi connectivity index (χ2v) is 21.5. The number of aliphatic carboxylic acids is 1. The predicted molar refractivity (Wildman–Crippen MR) is 305 cm³/mol. The van der Waals surface area contributed by atoms with Crippen molar-refractivity contribution in [1.29, 1.82) is 0 Å². The topological polar surface area (TPSA) is 525 Å². The molecule has 82 heavy (non-hydrogen) atoms. The van der Waals surface area contributed by atoms with Crippen LogP contribution in [0.25, 0.3) is 0 Å². The lowest BCUT2D eigenvalue weighted by molar-refractivity contribution is -0.142. The number of carboxylic acids is 1. The van der Waals surface area contributed by atoms with Crippen LogP contribution in [0.4, 0.5) is 0 Å². The van der Waals surface area contributed by atoms with E-state index in [4.69, 9.17) is 34.4 Å². The van der Waals surface area contributed by atoms with Gasteiger partial charge in [0.1, 0.15) is 54.4 Å². The van der Waals surface area contributed by atoms with Gasteiger partial charge in [0, 0.05) is 13.0 Å². The molecule has 13 atom stereocenters. The van der Waals surface area contributed by atoms with Gasteiger partial charge in [-0.15, -0.1) is 0 Å². The van der Waals surface area contributed by atoms with Gasteiger partial charge in [0.2, 0.25) is 59.1 Å². The number of aliphatic hydroxyl groups is 2. The van der Waals surface area contributed by atoms with E-state index < -0.39 is 151 Å². The summed E-state index contributed by atoms with van der Waals surface area (Å²) in [7, 11) is 0. The van der Waals surface area contributed by atoms with E-state index in [1.54, 1.807) is 27.7 Å². The van der Waals surface area contributed by atoms with Crippen molar-refractivity contribution in [2.75, 3.05) is 39.3 Å². The minimum atomic E-state index is -1.70. The maximum absolute atomic E-state index is 14.4. The fourth-order valence-electron chi connectivity index (χ4n) is 8.19. The highest BCUT2D eigenvalue weighted by atomic mass is 16.4. The van der Waals surface area contributed by atoms with E-state index in [9.17, 15) is 68.1 Å². The third-order valence-electron chi connectivity index (χ3n) is 13.1. The Labute approximate surface area is 481 Å². The number of rotatable bonds is 43. The Morgan fingerprint density at radius 2 is 0.744 bits per heavy atom. The molecule has 0 aromatic heterocycles. The average Bonchev–Trinajstić information content (AvgIpc) is 3.41. The number of carbonyl (C=O) groups excluding carboxylic acids is 10. The van der Waals surface area contributed by atoms with Crippen molar-refractivity contribution in [1.82, 2.24) is 53.2 Å². The van der Waals surface area contributed by atoms with E-state index in [1.165, 1.54) is 13.8 Å². The van der Waals surface area contributed by atoms with Crippen molar-refractivity contribution in [3.63, 3.8) is 0 Å². The number of amides is 10. The number of aliphatic hydroxyl groups excluding tert-OH is 2. The summed E-state index contributed by atoms with van der Waals surface area (Å²) in [5, 5.41) is 55.8. The molecule has 0 aliphatic carbocycles. The lowest BCUT2D eigenvalue weighted by Crippen LogP contribution is -2.62. The molecule has 472 valence electrons. The molecule has 10 amide bonds. The Hall–Kier alpha value is -6.15. The summed E-state index contributed by atoms with van der Waals surface area (Å²) in [6.45, 7) is 12.7. The van der Waals surface area contributed by atoms with E-state index in [1.807, 2.05) is 6.92 Å². The summed E-state index contributed by atoms with van der Waals surface area (Å²) in [6, 6.07) is -14.2. The van der Waals surface area contributed by atoms with Gasteiger partial charge in [-0.3, -0.25) is 47.9 Å². The van der Waals surface area contributed by atoms with Crippen molar-refractivity contribution in [3.8, 4) is 0 Å². The minimum Gasteiger partial charge on any atom is -0.480 e. The van der Waals surface area contributed by atoms with E-state index in [0.29, 0.717) is 12.3 Å². The van der Waals surface area contributed by atoms with Crippen LogP contribution < -0.4 is 87.6 Å². The van der Waals surface area contributed by atoms with E-state index >= 15 is 0 Å². The van der Waals surface area contributed by atoms with E-state index in [-0.39, 0.29) is 95.9 Å². The maximum Gasteiger partial charge on any atom is 0.326 e. The van der Waals surface area contributed by atoms with Crippen molar-refractivity contribution >= 4 is 65.0 Å². The Bertz CT molecular complexity index is 2030. The quantitative estimate of drug-likeness (QED) is 0.0270. The fraction of sp³-hybridized carbons (Fsp3) is 0.788. The SMILES string of the molecule is CCC(C)CCCC(=O)N[C@@H](CCN)C(=O)N[C@H](C(=O)N[C@@H](CCN)C(=O)N[C@@H](CCNC(=O)[C@@H](NC(=O)[C@@H](N)CCN)[C@@H](C)O)C(=O)N[C@@H](CCN)C(=O)N[C@H](CC(C)C)C(=O)N[C@@H](CC(C)C)C(=O)N[C@@H](CCN)C(=O)O)[C@@H](C)O. The molecule has 0 rings (SSSR count). The Balaban J connectivity index is 7.02. The second kappa shape index (κ2) is 40.9. The molecule has 0 aliphatic rings. The first-order valence-corrected chi connectivity index (χ1v) is 28.4. The molecule has 0 spiro atoms. The largest absolute Gasteiger partial charge is 0.480 e. The summed E-state index contributed by atoms with van der Waals surface area (Å²) in [4.78, 5) is 148. The number of carbonyl (C=O) groups is 11. The third-order valence-corrected chi connectivity index (χ3v) is 13.1. The second-order valence-electron chi connectivity index (χ2n) is 21.5. The van der Waals surface area contributed by atoms with Gasteiger partial charge in [0.15, 0.2) is 0 Å². The van der Waals surface area contributed by atoms with Gasteiger partial charge in [-0.25, -0.2) is 4.79 Å². The molecular weight excluding hydrogens is 1070 g/mol. The van der Waals surface area contributed by atoms with Crippen molar-refractivity contribution < 1.29 is 68.1 Å². The lowest BCUT2D eigenvalue weighted by atomic mass is 9.99. The molecule has 25 N–H and O–H groups in total. The van der Waals surface area contributed by atoms with Crippen LogP contribution in [-0.4, -0.2) is 192 Å². The van der Waals surface area contributed by atoms with Crippen LogP contribution in [0.15, 0.2) is 0 Å². The smallest absolute Gasteiger partial charge is 0.326 e. The van der Waals surface area contributed by atoms with Crippen LogP contribution in [0.2, 0.25) is 0 Å². The number of hydrogen-bond acceptors (Lipinski definition) is 19. The van der Waals surface area contributed by atoms with Crippen LogP contribution in [-0.2, 0) is 52.7 Å². The van der Waals surface area contributed by atoms with Crippen LogP contribution in [0, 0.1) is 17.8 Å². The molecule has 0 aromatic rings. The number of nitrogens with two attached hydrogens (primary N) is 6. The Morgan fingerprint density at radius 1 is 0.402 bits per heavy atom. The third kappa shape index (κ3) is 29.7. The average molecular weight is 1170 g/mol. The van der Waals surface area contributed by atoms with Gasteiger partial charge in [-0.1, -0.05) is 54.4 Å². The molecule has 30 heteroatoms. The lowest BCUT2D eigenvalue weighted by Gasteiger charge is -2.29. The molecule has 0 heterocycles. The summed E-state index contributed by atoms with van der Waals surface area (Å²) in [5.74, 6) is -10.0. The molecule has 0 bridgehead atoms. The summed E-state index contributed by atoms with van der Waals surface area (Å²) in [6.07, 6.45) is -1.56. The van der Waals surface area contributed by atoms with Gasteiger partial charge in [0.25, 0.3) is 0 Å². The summed E-state index contributed by atoms with van der Waals surface area (Å²) >= 11 is 0. The first kappa shape index (κ1) is 75.8. The standard InChI is InChI=1S/C52H100N16O14/c1-9-29(6)11-10-12-40(71)60-33(14-20-54)47(76)68-42(31(8)70)51(80)63-35(16-22-56)44(73)62-36(18-24-59-50(79)41(30(7)69)67-43(72)32(58)13-19-53)46(75)61-34(15-21-55)45(74)65-39(26-28(4)5)49(78)66-38(25-27(2)3)48(77)64-37(17-23-57)52(81)82/h27-39,41-42,69-70H,9-26,53-58H2,1-8H3,(H,59,79)(H,60,71)(H,61,75)(H,62,73)(H,63,80)(H,64,77)(H,65,74)(H,66,78)(H,67,72)(H,68,76)(H,81,82)/t29?,30-,31-,32+,33+,34+,35+,36+,37+,38+,39-,41+,42+/m1/s1. The van der Waals surface area contributed by atoms with Crippen molar-refractivity contribution in [3.05, 3.63) is 0 Å². The van der Waals surface area contributed by atoms with E-state index in [2.05, 4.69) is 60.1 Å². The molecule has 0 aromatic carbocycles. The zero-order valence-corrected chi connectivity index (χ0v) is 49.2. The Morgan fingerprint density at radius 3 is 1.15 bits per heavy atom. The molecule has 0 fully saturated rings. The van der Waals surface area contributed by atoms with Crippen LogP contribution >= 0.6 is 0 Å². The molecule has 0 radical (unpaired) electrons. The first-order chi connectivity index (χ1) is 38.5. The van der Waals surface area contributed by atoms with Crippen molar-refractivity contribution in [2.24, 2.45) is 52.2 Å². The molecule has 0 saturated carbocycles. The number of hydrogen-bond donors (Lipinski definition) is 19.